The average molecular weight is 264 g/mol. The summed E-state index contributed by atoms with van der Waals surface area (Å²) < 4.78 is 0. The van der Waals surface area contributed by atoms with Crippen molar-refractivity contribution in [2.24, 2.45) is 5.41 Å². The van der Waals surface area contributed by atoms with Crippen LogP contribution in [0.15, 0.2) is 42.6 Å². The van der Waals surface area contributed by atoms with Crippen LogP contribution in [0.2, 0.25) is 0 Å². The molecule has 0 saturated heterocycles. The van der Waals surface area contributed by atoms with Gasteiger partial charge >= 0.3 is 0 Å². The minimum absolute atomic E-state index is 0.0716. The molecule has 20 heavy (non-hydrogen) atoms. The number of carbonyl (C=O) groups excluding carboxylic acids is 1. The molecule has 0 bridgehead atoms. The van der Waals surface area contributed by atoms with Crippen molar-refractivity contribution in [2.75, 3.05) is 0 Å². The highest BCUT2D eigenvalue weighted by molar-refractivity contribution is 5.99. The molecule has 1 heterocycles. The maximum atomic E-state index is 12.1. The van der Waals surface area contributed by atoms with Crippen LogP contribution < -0.4 is 0 Å². The van der Waals surface area contributed by atoms with Gasteiger partial charge in [0.2, 0.25) is 0 Å². The lowest BCUT2D eigenvalue weighted by Crippen LogP contribution is -2.20. The van der Waals surface area contributed by atoms with E-state index in [0.29, 0.717) is 11.1 Å². The topological polar surface area (TPSA) is 53.8 Å². The fraction of sp³-hybridized carbons (Fsp3) is 0.235. The molecule has 3 heteroatoms. The zero-order valence-electron chi connectivity index (χ0n) is 11.8. The van der Waals surface area contributed by atoms with Crippen molar-refractivity contribution < 1.29 is 4.79 Å². The van der Waals surface area contributed by atoms with Gasteiger partial charge in [-0.25, -0.2) is 0 Å². The van der Waals surface area contributed by atoms with Gasteiger partial charge in [0.25, 0.3) is 0 Å². The fourth-order valence-corrected chi connectivity index (χ4v) is 1.88. The van der Waals surface area contributed by atoms with Gasteiger partial charge in [-0.3, -0.25) is 9.78 Å². The van der Waals surface area contributed by atoms with Crippen LogP contribution in [0.5, 0.6) is 0 Å². The first kappa shape index (κ1) is 14.0. The second-order valence-electron chi connectivity index (χ2n) is 5.70. The SMILES string of the molecule is CC(C)(C)C(=O)c1ccc(-c2cccc(C#N)c2)nc1. The van der Waals surface area contributed by atoms with Crippen LogP contribution in [0, 0.1) is 16.7 Å². The van der Waals surface area contributed by atoms with Gasteiger partial charge in [0, 0.05) is 22.7 Å². The van der Waals surface area contributed by atoms with Gasteiger partial charge in [0.1, 0.15) is 0 Å². The summed E-state index contributed by atoms with van der Waals surface area (Å²) in [6, 6.07) is 13.0. The van der Waals surface area contributed by atoms with E-state index in [9.17, 15) is 4.79 Å². The molecule has 1 aromatic heterocycles. The summed E-state index contributed by atoms with van der Waals surface area (Å²) in [5.41, 5.74) is 2.42. The number of hydrogen-bond donors (Lipinski definition) is 0. The zero-order valence-corrected chi connectivity index (χ0v) is 11.8. The number of rotatable bonds is 2. The first-order valence-corrected chi connectivity index (χ1v) is 6.43. The molecule has 0 aliphatic rings. The normalized spacial score (nSPS) is 10.9. The quantitative estimate of drug-likeness (QED) is 0.774. The van der Waals surface area contributed by atoms with Crippen LogP contribution in [0.3, 0.4) is 0 Å². The Bertz CT molecular complexity index is 673. The van der Waals surface area contributed by atoms with Crippen LogP contribution in [0.25, 0.3) is 11.3 Å². The van der Waals surface area contributed by atoms with Crippen LogP contribution in [-0.2, 0) is 0 Å². The molecule has 0 unspecified atom stereocenters. The van der Waals surface area contributed by atoms with Crippen molar-refractivity contribution in [3.8, 4) is 17.3 Å². The van der Waals surface area contributed by atoms with Crippen LogP contribution >= 0.6 is 0 Å². The molecule has 2 aromatic rings. The molecule has 0 atom stereocenters. The zero-order chi connectivity index (χ0) is 14.8. The average Bonchev–Trinajstić information content (AvgIpc) is 2.46. The molecule has 2 rings (SSSR count). The van der Waals surface area contributed by atoms with Gasteiger partial charge in [-0.15, -0.1) is 0 Å². The molecule has 0 aliphatic carbocycles. The predicted octanol–water partition coefficient (Wildman–Crippen LogP) is 3.85. The van der Waals surface area contributed by atoms with E-state index in [1.54, 1.807) is 24.4 Å². The molecular formula is C17H16N2O. The van der Waals surface area contributed by atoms with Gasteiger partial charge in [-0.2, -0.15) is 5.26 Å². The lowest BCUT2D eigenvalue weighted by Gasteiger charge is -2.16. The summed E-state index contributed by atoms with van der Waals surface area (Å²) in [5, 5.41) is 8.90. The number of nitriles is 1. The van der Waals surface area contributed by atoms with Gasteiger partial charge in [-0.05, 0) is 24.3 Å². The summed E-state index contributed by atoms with van der Waals surface area (Å²) in [5.74, 6) is 0.0716. The molecular weight excluding hydrogens is 248 g/mol. The first-order valence-electron chi connectivity index (χ1n) is 6.43. The summed E-state index contributed by atoms with van der Waals surface area (Å²) in [4.78, 5) is 16.5. The summed E-state index contributed by atoms with van der Waals surface area (Å²) in [6.07, 6.45) is 1.60. The third-order valence-electron chi connectivity index (χ3n) is 2.99. The molecule has 1 aromatic carbocycles. The number of Topliss-reactive ketones (excluding diaryl/α,β-unsaturated/α-hetero) is 1. The monoisotopic (exact) mass is 264 g/mol. The summed E-state index contributed by atoms with van der Waals surface area (Å²) in [6.45, 7) is 5.67. The second kappa shape index (κ2) is 5.26. The number of ketones is 1. The maximum Gasteiger partial charge on any atom is 0.169 e. The van der Waals surface area contributed by atoms with Gasteiger partial charge in [0.05, 0.1) is 17.3 Å². The van der Waals surface area contributed by atoms with Gasteiger partial charge in [0.15, 0.2) is 5.78 Å². The fourth-order valence-electron chi connectivity index (χ4n) is 1.88. The van der Waals surface area contributed by atoms with Crippen LogP contribution in [-0.4, -0.2) is 10.8 Å². The third-order valence-corrected chi connectivity index (χ3v) is 2.99. The van der Waals surface area contributed by atoms with Gasteiger partial charge < -0.3 is 0 Å². The Morgan fingerprint density at radius 1 is 1.20 bits per heavy atom. The molecule has 0 amide bonds. The molecule has 0 aliphatic heterocycles. The Balaban J connectivity index is 2.33. The highest BCUT2D eigenvalue weighted by Crippen LogP contribution is 2.23. The molecule has 100 valence electrons. The Morgan fingerprint density at radius 2 is 1.95 bits per heavy atom. The lowest BCUT2D eigenvalue weighted by atomic mass is 9.87. The van der Waals surface area contributed by atoms with E-state index >= 15 is 0 Å². The Morgan fingerprint density at radius 3 is 2.50 bits per heavy atom. The molecule has 0 fully saturated rings. The molecule has 0 radical (unpaired) electrons. The largest absolute Gasteiger partial charge is 0.294 e. The number of benzene rings is 1. The Hall–Kier alpha value is -2.47. The second-order valence-corrected chi connectivity index (χ2v) is 5.70. The first-order chi connectivity index (χ1) is 9.41. The minimum Gasteiger partial charge on any atom is -0.294 e. The van der Waals surface area contributed by atoms with E-state index in [1.165, 1.54) is 0 Å². The van der Waals surface area contributed by atoms with E-state index in [2.05, 4.69) is 11.1 Å². The predicted molar refractivity (Wildman–Crippen MR) is 78.2 cm³/mol. The van der Waals surface area contributed by atoms with Crippen molar-refractivity contribution in [3.05, 3.63) is 53.7 Å². The number of nitrogens with zero attached hydrogens (tertiary/aromatic N) is 2. The minimum atomic E-state index is -0.413. The van der Waals surface area contributed by atoms with Crippen molar-refractivity contribution >= 4 is 5.78 Å². The van der Waals surface area contributed by atoms with Crippen LogP contribution in [0.1, 0.15) is 36.7 Å². The van der Waals surface area contributed by atoms with Crippen molar-refractivity contribution in [2.45, 2.75) is 20.8 Å². The van der Waals surface area contributed by atoms with Crippen molar-refractivity contribution in [3.63, 3.8) is 0 Å². The maximum absolute atomic E-state index is 12.1. The van der Waals surface area contributed by atoms with E-state index in [4.69, 9.17) is 5.26 Å². The summed E-state index contributed by atoms with van der Waals surface area (Å²) >= 11 is 0. The standard InChI is InChI=1S/C17H16N2O/c1-17(2,3)16(20)14-7-8-15(19-11-14)13-6-4-5-12(9-13)10-18/h4-9,11H,1-3H3. The molecule has 0 spiro atoms. The van der Waals surface area contributed by atoms with E-state index < -0.39 is 5.41 Å². The third kappa shape index (κ3) is 2.92. The number of carbonyl (C=O) groups is 1. The molecule has 0 saturated carbocycles. The highest BCUT2D eigenvalue weighted by atomic mass is 16.1. The smallest absolute Gasteiger partial charge is 0.169 e. The number of pyridine rings is 1. The van der Waals surface area contributed by atoms with E-state index in [-0.39, 0.29) is 5.78 Å². The van der Waals surface area contributed by atoms with Gasteiger partial charge in [-0.1, -0.05) is 32.9 Å². The van der Waals surface area contributed by atoms with E-state index in [1.807, 2.05) is 39.0 Å². The lowest BCUT2D eigenvalue weighted by molar-refractivity contribution is 0.0858. The Kier molecular flexibility index (Phi) is 3.67. The van der Waals surface area contributed by atoms with Crippen molar-refractivity contribution in [1.82, 2.24) is 4.98 Å². The van der Waals surface area contributed by atoms with Crippen molar-refractivity contribution in [1.29, 1.82) is 5.26 Å². The number of hydrogen-bond acceptors (Lipinski definition) is 3. The molecule has 0 N–H and O–H groups in total. The van der Waals surface area contributed by atoms with Crippen LogP contribution in [0.4, 0.5) is 0 Å². The Labute approximate surface area is 118 Å². The highest BCUT2D eigenvalue weighted by Gasteiger charge is 2.22. The molecule has 3 nitrogen and oxygen atoms in total. The van der Waals surface area contributed by atoms with E-state index in [0.717, 1.165) is 11.3 Å². The number of aromatic nitrogens is 1. The summed E-state index contributed by atoms with van der Waals surface area (Å²) in [7, 11) is 0.